The Hall–Kier alpha value is -2.21. The highest BCUT2D eigenvalue weighted by Gasteiger charge is 2.12. The van der Waals surface area contributed by atoms with Crippen LogP contribution in [-0.4, -0.2) is 10.9 Å². The summed E-state index contributed by atoms with van der Waals surface area (Å²) in [5, 5.41) is 12.3. The average molecular weight is 277 g/mol. The number of non-ortho nitro benzene ring substituents is 1. The molecule has 0 N–H and O–H groups in total. The second kappa shape index (κ2) is 5.62. The van der Waals surface area contributed by atoms with Gasteiger partial charge in [0.05, 0.1) is 4.92 Å². The molecule has 0 bridgehead atoms. The molecule has 0 radical (unpaired) electrons. The van der Waals surface area contributed by atoms with Crippen molar-refractivity contribution in [1.29, 1.82) is 0 Å². The molecule has 6 heteroatoms. The summed E-state index contributed by atoms with van der Waals surface area (Å²) in [6, 6.07) is 7.78. The normalized spacial score (nSPS) is 10.2. The number of rotatable bonds is 4. The zero-order valence-corrected chi connectivity index (χ0v) is 11.0. The van der Waals surface area contributed by atoms with Crippen LogP contribution in [0.5, 0.6) is 0 Å². The van der Waals surface area contributed by atoms with Crippen molar-refractivity contribution in [2.45, 2.75) is 13.5 Å². The zero-order valence-electron chi connectivity index (χ0n) is 10.2. The van der Waals surface area contributed by atoms with Gasteiger partial charge >= 0.3 is 5.97 Å². The fraction of sp³-hybridized carbons (Fsp3) is 0.154. The number of thiophene rings is 1. The molecule has 1 heterocycles. The molecule has 1 aromatic heterocycles. The summed E-state index contributed by atoms with van der Waals surface area (Å²) in [4.78, 5) is 22.4. The maximum atomic E-state index is 11.8. The Bertz CT molecular complexity index is 603. The van der Waals surface area contributed by atoms with Crippen LogP contribution in [-0.2, 0) is 11.3 Å². The zero-order chi connectivity index (χ0) is 13.8. The lowest BCUT2D eigenvalue weighted by Gasteiger charge is -2.04. The first-order valence-electron chi connectivity index (χ1n) is 5.52. The quantitative estimate of drug-likeness (QED) is 0.488. The summed E-state index contributed by atoms with van der Waals surface area (Å²) in [6.07, 6.45) is 0. The van der Waals surface area contributed by atoms with E-state index >= 15 is 0 Å². The van der Waals surface area contributed by atoms with Gasteiger partial charge in [0.1, 0.15) is 11.5 Å². The maximum Gasteiger partial charge on any atom is 0.348 e. The molecule has 0 amide bonds. The van der Waals surface area contributed by atoms with Crippen LogP contribution in [0.3, 0.4) is 0 Å². The first-order valence-corrected chi connectivity index (χ1v) is 6.40. The minimum atomic E-state index is -0.467. The number of carbonyl (C=O) groups is 1. The second-order valence-corrected chi connectivity index (χ2v) is 4.85. The van der Waals surface area contributed by atoms with Gasteiger partial charge in [0, 0.05) is 12.1 Å². The molecule has 2 rings (SSSR count). The number of nitro groups is 1. The summed E-state index contributed by atoms with van der Waals surface area (Å²) in [5.74, 6) is -0.370. The lowest BCUT2D eigenvalue weighted by molar-refractivity contribution is -0.384. The lowest BCUT2D eigenvalue weighted by atomic mass is 10.2. The van der Waals surface area contributed by atoms with Crippen LogP contribution < -0.4 is 0 Å². The van der Waals surface area contributed by atoms with Crippen LogP contribution in [0.15, 0.2) is 35.7 Å². The van der Waals surface area contributed by atoms with E-state index in [1.165, 1.54) is 23.5 Å². The van der Waals surface area contributed by atoms with Crippen LogP contribution in [0.1, 0.15) is 20.8 Å². The third-order valence-electron chi connectivity index (χ3n) is 2.56. The summed E-state index contributed by atoms with van der Waals surface area (Å²) in [7, 11) is 0. The average Bonchev–Trinajstić information content (AvgIpc) is 2.83. The molecule has 0 saturated heterocycles. The van der Waals surface area contributed by atoms with Crippen molar-refractivity contribution < 1.29 is 14.5 Å². The molecule has 19 heavy (non-hydrogen) atoms. The van der Waals surface area contributed by atoms with Crippen molar-refractivity contribution in [3.05, 3.63) is 61.8 Å². The number of carbonyl (C=O) groups excluding carboxylic acids is 1. The lowest BCUT2D eigenvalue weighted by Crippen LogP contribution is -2.04. The van der Waals surface area contributed by atoms with Crippen molar-refractivity contribution in [2.75, 3.05) is 0 Å². The van der Waals surface area contributed by atoms with Crippen LogP contribution in [0, 0.1) is 17.0 Å². The molecule has 2 aromatic rings. The van der Waals surface area contributed by atoms with Gasteiger partial charge in [0.2, 0.25) is 0 Å². The SMILES string of the molecule is Cc1ccsc1C(=O)OCc1ccc([N+](=O)[O-])cc1. The predicted molar refractivity (Wildman–Crippen MR) is 71.3 cm³/mol. The fourth-order valence-electron chi connectivity index (χ4n) is 1.51. The Labute approximate surface area is 113 Å². The molecule has 0 spiro atoms. The number of hydrogen-bond donors (Lipinski definition) is 0. The van der Waals surface area contributed by atoms with Gasteiger partial charge < -0.3 is 4.74 Å². The molecular formula is C13H11NO4S. The van der Waals surface area contributed by atoms with E-state index in [1.807, 2.05) is 18.4 Å². The van der Waals surface area contributed by atoms with E-state index in [1.54, 1.807) is 12.1 Å². The molecule has 0 fully saturated rings. The maximum absolute atomic E-state index is 11.8. The summed E-state index contributed by atoms with van der Waals surface area (Å²) < 4.78 is 5.16. The highest BCUT2D eigenvalue weighted by molar-refractivity contribution is 7.12. The number of benzene rings is 1. The van der Waals surface area contributed by atoms with Crippen molar-refractivity contribution in [3.8, 4) is 0 Å². The van der Waals surface area contributed by atoms with E-state index in [4.69, 9.17) is 4.74 Å². The van der Waals surface area contributed by atoms with E-state index in [9.17, 15) is 14.9 Å². The van der Waals surface area contributed by atoms with Crippen molar-refractivity contribution in [2.24, 2.45) is 0 Å². The van der Waals surface area contributed by atoms with Crippen LogP contribution in [0.25, 0.3) is 0 Å². The molecular weight excluding hydrogens is 266 g/mol. The molecule has 98 valence electrons. The van der Waals surface area contributed by atoms with E-state index in [-0.39, 0.29) is 18.3 Å². The van der Waals surface area contributed by atoms with Gasteiger partial charge in [-0.2, -0.15) is 0 Å². The van der Waals surface area contributed by atoms with Crippen LogP contribution in [0.2, 0.25) is 0 Å². The number of esters is 1. The summed E-state index contributed by atoms with van der Waals surface area (Å²) in [5.41, 5.74) is 1.62. The predicted octanol–water partition coefficient (Wildman–Crippen LogP) is 3.32. The molecule has 0 atom stereocenters. The Morgan fingerprint density at radius 1 is 1.32 bits per heavy atom. The Morgan fingerprint density at radius 2 is 2.00 bits per heavy atom. The third kappa shape index (κ3) is 3.17. The number of nitro benzene ring substituents is 1. The monoisotopic (exact) mass is 277 g/mol. The standard InChI is InChI=1S/C13H11NO4S/c1-9-6-7-19-12(9)13(15)18-8-10-2-4-11(5-3-10)14(16)17/h2-7H,8H2,1H3. The molecule has 0 aliphatic rings. The van der Waals surface area contributed by atoms with Gasteiger partial charge in [-0.3, -0.25) is 10.1 Å². The number of ether oxygens (including phenoxy) is 1. The second-order valence-electron chi connectivity index (χ2n) is 3.93. The highest BCUT2D eigenvalue weighted by atomic mass is 32.1. The minimum Gasteiger partial charge on any atom is -0.457 e. The summed E-state index contributed by atoms with van der Waals surface area (Å²) >= 11 is 1.34. The van der Waals surface area contributed by atoms with Gasteiger partial charge in [-0.05, 0) is 41.6 Å². The van der Waals surface area contributed by atoms with Gasteiger partial charge in [-0.15, -0.1) is 11.3 Å². The van der Waals surface area contributed by atoms with Gasteiger partial charge in [0.25, 0.3) is 5.69 Å². The smallest absolute Gasteiger partial charge is 0.348 e. The Kier molecular flexibility index (Phi) is 3.91. The van der Waals surface area contributed by atoms with E-state index in [0.717, 1.165) is 5.56 Å². The van der Waals surface area contributed by atoms with Gasteiger partial charge in [-0.25, -0.2) is 4.79 Å². The number of hydrogen-bond acceptors (Lipinski definition) is 5. The van der Waals surface area contributed by atoms with Gasteiger partial charge in [0.15, 0.2) is 0 Å². The van der Waals surface area contributed by atoms with E-state index in [0.29, 0.717) is 10.4 Å². The van der Waals surface area contributed by atoms with E-state index in [2.05, 4.69) is 0 Å². The first-order chi connectivity index (χ1) is 9.08. The largest absolute Gasteiger partial charge is 0.457 e. The third-order valence-corrected chi connectivity index (χ3v) is 3.56. The molecule has 5 nitrogen and oxygen atoms in total. The number of nitrogens with zero attached hydrogens (tertiary/aromatic N) is 1. The fourth-order valence-corrected chi connectivity index (χ4v) is 2.33. The minimum absolute atomic E-state index is 0.0178. The molecule has 0 saturated carbocycles. The van der Waals surface area contributed by atoms with Crippen molar-refractivity contribution in [1.82, 2.24) is 0 Å². The molecule has 0 aliphatic carbocycles. The molecule has 0 aliphatic heterocycles. The van der Waals surface area contributed by atoms with Crippen LogP contribution >= 0.6 is 11.3 Å². The Morgan fingerprint density at radius 3 is 2.53 bits per heavy atom. The first kappa shape index (κ1) is 13.2. The van der Waals surface area contributed by atoms with Crippen molar-refractivity contribution >= 4 is 23.0 Å². The number of aryl methyl sites for hydroxylation is 1. The topological polar surface area (TPSA) is 69.4 Å². The van der Waals surface area contributed by atoms with E-state index < -0.39 is 4.92 Å². The summed E-state index contributed by atoms with van der Waals surface area (Å²) in [6.45, 7) is 1.95. The van der Waals surface area contributed by atoms with Crippen LogP contribution in [0.4, 0.5) is 5.69 Å². The molecule has 0 unspecified atom stereocenters. The highest BCUT2D eigenvalue weighted by Crippen LogP contribution is 2.18. The van der Waals surface area contributed by atoms with Crippen molar-refractivity contribution in [3.63, 3.8) is 0 Å². The van der Waals surface area contributed by atoms with Gasteiger partial charge in [-0.1, -0.05) is 0 Å². The molecule has 1 aromatic carbocycles. The Balaban J connectivity index is 1.97.